The van der Waals surface area contributed by atoms with E-state index in [-0.39, 0.29) is 5.82 Å². The summed E-state index contributed by atoms with van der Waals surface area (Å²) in [7, 11) is 0. The number of rotatable bonds is 2. The van der Waals surface area contributed by atoms with Crippen LogP contribution in [0.5, 0.6) is 0 Å². The summed E-state index contributed by atoms with van der Waals surface area (Å²) < 4.78 is 16.9. The van der Waals surface area contributed by atoms with Gasteiger partial charge >= 0.3 is 0 Å². The van der Waals surface area contributed by atoms with E-state index in [0.29, 0.717) is 11.4 Å². The highest BCUT2D eigenvalue weighted by Crippen LogP contribution is 2.33. The lowest BCUT2D eigenvalue weighted by Crippen LogP contribution is -1.94. The Bertz CT molecular complexity index is 1360. The molecule has 0 aliphatic heterocycles. The second kappa shape index (κ2) is 6.63. The molecule has 0 aliphatic rings. The van der Waals surface area contributed by atoms with Crippen LogP contribution in [-0.4, -0.2) is 19.4 Å². The zero-order valence-corrected chi connectivity index (χ0v) is 17.1. The van der Waals surface area contributed by atoms with E-state index in [9.17, 15) is 4.39 Å². The molecular formula is C22H14FIN4. The highest BCUT2D eigenvalue weighted by atomic mass is 127. The summed E-state index contributed by atoms with van der Waals surface area (Å²) in [4.78, 5) is 13.7. The van der Waals surface area contributed by atoms with Crippen LogP contribution in [-0.2, 0) is 0 Å². The molecule has 0 spiro atoms. The second-order valence-electron chi connectivity index (χ2n) is 6.56. The number of benzene rings is 1. The van der Waals surface area contributed by atoms with Gasteiger partial charge in [0.05, 0.1) is 22.6 Å². The average Bonchev–Trinajstić information content (AvgIpc) is 3.09. The van der Waals surface area contributed by atoms with Crippen molar-refractivity contribution in [3.63, 3.8) is 0 Å². The van der Waals surface area contributed by atoms with Gasteiger partial charge in [0.15, 0.2) is 0 Å². The van der Waals surface area contributed by atoms with Crippen molar-refractivity contribution in [1.29, 1.82) is 0 Å². The van der Waals surface area contributed by atoms with E-state index in [4.69, 9.17) is 4.98 Å². The van der Waals surface area contributed by atoms with Gasteiger partial charge in [-0.25, -0.2) is 14.4 Å². The number of pyridine rings is 3. The quantitative estimate of drug-likeness (QED) is 0.306. The molecule has 0 saturated heterocycles. The number of nitrogens with zero attached hydrogens (tertiary/aromatic N) is 4. The number of aryl methyl sites for hydroxylation is 1. The zero-order valence-electron chi connectivity index (χ0n) is 14.9. The Hall–Kier alpha value is -2.87. The van der Waals surface area contributed by atoms with Crippen molar-refractivity contribution in [2.24, 2.45) is 0 Å². The number of halogens is 2. The molecule has 5 aromatic rings. The fourth-order valence-electron chi connectivity index (χ4n) is 3.38. The fraction of sp³-hybridized carbons (Fsp3) is 0.0455. The minimum Gasteiger partial charge on any atom is -0.299 e. The summed E-state index contributed by atoms with van der Waals surface area (Å²) in [6.45, 7) is 1.66. The molecule has 0 radical (unpaired) electrons. The number of aromatic nitrogens is 4. The van der Waals surface area contributed by atoms with Gasteiger partial charge < -0.3 is 0 Å². The number of imidazole rings is 1. The molecule has 1 aromatic carbocycles. The largest absolute Gasteiger partial charge is 0.299 e. The van der Waals surface area contributed by atoms with Crippen LogP contribution in [0.4, 0.5) is 4.39 Å². The second-order valence-corrected chi connectivity index (χ2v) is 7.81. The van der Waals surface area contributed by atoms with Crippen molar-refractivity contribution in [1.82, 2.24) is 19.4 Å². The van der Waals surface area contributed by atoms with Gasteiger partial charge in [0.25, 0.3) is 0 Å². The Morgan fingerprint density at radius 1 is 1.00 bits per heavy atom. The van der Waals surface area contributed by atoms with Gasteiger partial charge in [-0.1, -0.05) is 12.1 Å². The highest BCUT2D eigenvalue weighted by Gasteiger charge is 2.18. The van der Waals surface area contributed by atoms with Gasteiger partial charge in [-0.15, -0.1) is 0 Å². The molecule has 0 atom stereocenters. The van der Waals surface area contributed by atoms with Gasteiger partial charge in [0, 0.05) is 26.9 Å². The predicted molar refractivity (Wildman–Crippen MR) is 117 cm³/mol. The molecule has 28 heavy (non-hydrogen) atoms. The molecule has 0 unspecified atom stereocenters. The molecule has 4 aromatic heterocycles. The molecule has 136 valence electrons. The van der Waals surface area contributed by atoms with Gasteiger partial charge in [0.2, 0.25) is 0 Å². The molecule has 0 fully saturated rings. The number of fused-ring (bicyclic) bond motifs is 2. The van der Waals surface area contributed by atoms with E-state index >= 15 is 0 Å². The molecule has 6 heteroatoms. The molecule has 5 rings (SSSR count). The topological polar surface area (TPSA) is 43.1 Å². The van der Waals surface area contributed by atoms with Gasteiger partial charge in [-0.05, 0) is 72.0 Å². The van der Waals surface area contributed by atoms with Crippen molar-refractivity contribution in [3.8, 4) is 22.6 Å². The molecule has 0 bridgehead atoms. The van der Waals surface area contributed by atoms with Crippen LogP contribution < -0.4 is 0 Å². The Kier molecular flexibility index (Phi) is 4.08. The van der Waals surface area contributed by atoms with Crippen LogP contribution in [0.15, 0.2) is 67.0 Å². The monoisotopic (exact) mass is 480 g/mol. The molecule has 0 amide bonds. The lowest BCUT2D eigenvalue weighted by molar-refractivity contribution is 0.610. The van der Waals surface area contributed by atoms with Crippen LogP contribution in [0.1, 0.15) is 5.69 Å². The summed E-state index contributed by atoms with van der Waals surface area (Å²) in [5, 5.41) is 1.06. The first kappa shape index (κ1) is 17.2. The van der Waals surface area contributed by atoms with Crippen molar-refractivity contribution in [3.05, 3.63) is 82.1 Å². The fourth-order valence-corrected chi connectivity index (χ4v) is 3.85. The maximum atomic E-state index is 13.8. The first-order valence-corrected chi connectivity index (χ1v) is 9.84. The molecule has 0 N–H and O–H groups in total. The first-order valence-electron chi connectivity index (χ1n) is 8.76. The maximum Gasteiger partial charge on any atom is 0.144 e. The van der Waals surface area contributed by atoms with Crippen molar-refractivity contribution >= 4 is 39.1 Å². The molecule has 4 nitrogen and oxygen atoms in total. The van der Waals surface area contributed by atoms with Gasteiger partial charge in [-0.2, -0.15) is 0 Å². The highest BCUT2D eigenvalue weighted by molar-refractivity contribution is 14.1. The summed E-state index contributed by atoms with van der Waals surface area (Å²) in [5.74, 6) is -0.319. The maximum absolute atomic E-state index is 13.8. The Morgan fingerprint density at radius 2 is 1.89 bits per heavy atom. The third-order valence-corrected chi connectivity index (χ3v) is 5.31. The lowest BCUT2D eigenvalue weighted by atomic mass is 10.0. The van der Waals surface area contributed by atoms with E-state index in [1.807, 2.05) is 47.1 Å². The third kappa shape index (κ3) is 2.84. The normalized spacial score (nSPS) is 11.4. The van der Waals surface area contributed by atoms with Crippen LogP contribution in [0.2, 0.25) is 0 Å². The summed E-state index contributed by atoms with van der Waals surface area (Å²) in [6.07, 6.45) is 3.84. The summed E-state index contributed by atoms with van der Waals surface area (Å²) >= 11 is 2.26. The molecular weight excluding hydrogens is 466 g/mol. The van der Waals surface area contributed by atoms with Crippen molar-refractivity contribution in [2.75, 3.05) is 0 Å². The van der Waals surface area contributed by atoms with E-state index in [0.717, 1.165) is 37.1 Å². The van der Waals surface area contributed by atoms with Crippen molar-refractivity contribution < 1.29 is 4.39 Å². The Morgan fingerprint density at radius 3 is 2.75 bits per heavy atom. The number of hydrogen-bond donors (Lipinski definition) is 0. The number of hydrogen-bond acceptors (Lipinski definition) is 3. The van der Waals surface area contributed by atoms with E-state index in [2.05, 4.69) is 44.7 Å². The first-order chi connectivity index (χ1) is 13.6. The minimum atomic E-state index is -0.319. The van der Waals surface area contributed by atoms with E-state index in [1.165, 1.54) is 6.07 Å². The SMILES string of the molecule is Cc1nc(-c2nc3ccccn3c2-c2ccc3ncc(I)cc3c2)ccc1F. The molecule has 0 saturated carbocycles. The summed E-state index contributed by atoms with van der Waals surface area (Å²) in [6, 6.07) is 17.3. The smallest absolute Gasteiger partial charge is 0.144 e. The predicted octanol–water partition coefficient (Wildman–Crippen LogP) is 5.66. The average molecular weight is 480 g/mol. The lowest BCUT2D eigenvalue weighted by Gasteiger charge is -2.08. The van der Waals surface area contributed by atoms with Crippen molar-refractivity contribution in [2.45, 2.75) is 6.92 Å². The van der Waals surface area contributed by atoms with E-state index in [1.54, 1.807) is 13.0 Å². The minimum absolute atomic E-state index is 0.319. The van der Waals surface area contributed by atoms with Gasteiger partial charge in [0.1, 0.15) is 17.2 Å². The van der Waals surface area contributed by atoms with E-state index < -0.39 is 0 Å². The molecule has 0 aliphatic carbocycles. The van der Waals surface area contributed by atoms with Crippen LogP contribution in [0, 0.1) is 16.3 Å². The third-order valence-electron chi connectivity index (χ3n) is 4.72. The zero-order chi connectivity index (χ0) is 19.3. The Balaban J connectivity index is 1.82. The Labute approximate surface area is 174 Å². The van der Waals surface area contributed by atoms with Gasteiger partial charge in [-0.3, -0.25) is 9.38 Å². The summed E-state index contributed by atoms with van der Waals surface area (Å²) in [5.41, 5.74) is 5.43. The molecule has 4 heterocycles. The van der Waals surface area contributed by atoms with Crippen LogP contribution in [0.25, 0.3) is 39.2 Å². The van der Waals surface area contributed by atoms with Crippen LogP contribution in [0.3, 0.4) is 0 Å². The van der Waals surface area contributed by atoms with Crippen LogP contribution >= 0.6 is 22.6 Å². The standard InChI is InChI=1S/C22H14FIN4/c1-13-17(23)6-8-19(26-13)21-22(28-9-3-2-4-20(28)27-21)14-5-7-18-15(10-14)11-16(24)12-25-18/h2-12H,1H3.